The Hall–Kier alpha value is -0.380. The Balaban J connectivity index is 1.58. The van der Waals surface area contributed by atoms with Gasteiger partial charge in [-0.2, -0.15) is 0 Å². The SMILES string of the molecule is CN1CCC(C/C=C\CN2CCNCC2)C1. The lowest BCUT2D eigenvalue weighted by Crippen LogP contribution is -2.43. The summed E-state index contributed by atoms with van der Waals surface area (Å²) in [6.45, 7) is 8.44. The molecule has 16 heavy (non-hydrogen) atoms. The zero-order valence-corrected chi connectivity index (χ0v) is 10.5. The number of likely N-dealkylation sites (tertiary alicyclic amines) is 1. The Labute approximate surface area is 99.5 Å². The van der Waals surface area contributed by atoms with E-state index in [2.05, 4.69) is 34.3 Å². The van der Waals surface area contributed by atoms with Gasteiger partial charge in [-0.05, 0) is 32.4 Å². The fourth-order valence-corrected chi connectivity index (χ4v) is 2.62. The molecule has 0 saturated carbocycles. The van der Waals surface area contributed by atoms with Gasteiger partial charge in [-0.1, -0.05) is 12.2 Å². The van der Waals surface area contributed by atoms with Gasteiger partial charge in [0, 0.05) is 39.3 Å². The van der Waals surface area contributed by atoms with Gasteiger partial charge in [0.15, 0.2) is 0 Å². The number of nitrogens with zero attached hydrogens (tertiary/aromatic N) is 2. The molecule has 0 aliphatic carbocycles. The Morgan fingerprint density at radius 1 is 1.19 bits per heavy atom. The van der Waals surface area contributed by atoms with E-state index in [1.165, 1.54) is 39.0 Å². The zero-order chi connectivity index (χ0) is 11.2. The standard InChI is InChI=1S/C13H25N3/c1-15-9-5-13(12-15)4-2-3-8-16-10-6-14-7-11-16/h2-3,13-14H,4-12H2,1H3/b3-2-. The zero-order valence-electron chi connectivity index (χ0n) is 10.5. The summed E-state index contributed by atoms with van der Waals surface area (Å²) >= 11 is 0. The van der Waals surface area contributed by atoms with Crippen molar-refractivity contribution in [2.75, 3.05) is 52.9 Å². The highest BCUT2D eigenvalue weighted by Crippen LogP contribution is 2.18. The average molecular weight is 223 g/mol. The summed E-state index contributed by atoms with van der Waals surface area (Å²) in [5.74, 6) is 0.907. The number of rotatable bonds is 4. The molecule has 0 amide bonds. The van der Waals surface area contributed by atoms with Gasteiger partial charge in [-0.15, -0.1) is 0 Å². The van der Waals surface area contributed by atoms with Gasteiger partial charge in [-0.25, -0.2) is 0 Å². The Bertz CT molecular complexity index is 212. The minimum Gasteiger partial charge on any atom is -0.314 e. The van der Waals surface area contributed by atoms with Gasteiger partial charge in [0.2, 0.25) is 0 Å². The smallest absolute Gasteiger partial charge is 0.0164 e. The monoisotopic (exact) mass is 223 g/mol. The molecule has 2 heterocycles. The first-order chi connectivity index (χ1) is 7.84. The molecule has 0 aromatic heterocycles. The van der Waals surface area contributed by atoms with E-state index in [0.29, 0.717) is 0 Å². The predicted molar refractivity (Wildman–Crippen MR) is 68.7 cm³/mol. The molecule has 2 aliphatic rings. The van der Waals surface area contributed by atoms with Crippen molar-refractivity contribution in [1.82, 2.24) is 15.1 Å². The number of piperazine rings is 1. The van der Waals surface area contributed by atoms with Gasteiger partial charge < -0.3 is 10.2 Å². The molecule has 92 valence electrons. The molecule has 0 aromatic carbocycles. The minimum atomic E-state index is 0.907. The summed E-state index contributed by atoms with van der Waals surface area (Å²) in [4.78, 5) is 4.96. The van der Waals surface area contributed by atoms with Crippen LogP contribution in [0.15, 0.2) is 12.2 Å². The van der Waals surface area contributed by atoms with Crippen LogP contribution in [0.2, 0.25) is 0 Å². The first-order valence-electron chi connectivity index (χ1n) is 6.61. The van der Waals surface area contributed by atoms with Crippen LogP contribution in [0.4, 0.5) is 0 Å². The quantitative estimate of drug-likeness (QED) is 0.711. The second-order valence-electron chi connectivity index (χ2n) is 5.17. The normalized spacial score (nSPS) is 29.2. The van der Waals surface area contributed by atoms with Crippen LogP contribution < -0.4 is 5.32 Å². The molecule has 0 radical (unpaired) electrons. The van der Waals surface area contributed by atoms with Crippen molar-refractivity contribution in [3.05, 3.63) is 12.2 Å². The van der Waals surface area contributed by atoms with Crippen molar-refractivity contribution in [1.29, 1.82) is 0 Å². The van der Waals surface area contributed by atoms with E-state index in [-0.39, 0.29) is 0 Å². The van der Waals surface area contributed by atoms with Crippen molar-refractivity contribution in [2.24, 2.45) is 5.92 Å². The highest BCUT2D eigenvalue weighted by molar-refractivity contribution is 4.89. The molecule has 2 saturated heterocycles. The predicted octanol–water partition coefficient (Wildman–Crippen LogP) is 0.790. The largest absolute Gasteiger partial charge is 0.314 e. The molecule has 2 rings (SSSR count). The molecule has 1 atom stereocenters. The van der Waals surface area contributed by atoms with Crippen molar-refractivity contribution in [3.8, 4) is 0 Å². The van der Waals surface area contributed by atoms with E-state index >= 15 is 0 Å². The first-order valence-corrected chi connectivity index (χ1v) is 6.61. The summed E-state index contributed by atoms with van der Waals surface area (Å²) in [7, 11) is 2.23. The first kappa shape index (κ1) is 12.1. The number of allylic oxidation sites excluding steroid dienone is 1. The second kappa shape index (κ2) is 6.38. The lowest BCUT2D eigenvalue weighted by Gasteiger charge is -2.25. The van der Waals surface area contributed by atoms with E-state index in [0.717, 1.165) is 25.6 Å². The van der Waals surface area contributed by atoms with E-state index < -0.39 is 0 Å². The fourth-order valence-electron chi connectivity index (χ4n) is 2.62. The van der Waals surface area contributed by atoms with Crippen LogP contribution >= 0.6 is 0 Å². The maximum absolute atomic E-state index is 3.38. The van der Waals surface area contributed by atoms with E-state index in [1.807, 2.05) is 0 Å². The van der Waals surface area contributed by atoms with Crippen molar-refractivity contribution in [3.63, 3.8) is 0 Å². The van der Waals surface area contributed by atoms with Crippen LogP contribution in [0.1, 0.15) is 12.8 Å². The second-order valence-corrected chi connectivity index (χ2v) is 5.17. The Kier molecular flexibility index (Phi) is 4.82. The van der Waals surface area contributed by atoms with E-state index in [9.17, 15) is 0 Å². The lowest BCUT2D eigenvalue weighted by molar-refractivity contribution is 0.264. The molecular weight excluding hydrogens is 198 g/mol. The van der Waals surface area contributed by atoms with Gasteiger partial charge in [0.05, 0.1) is 0 Å². The van der Waals surface area contributed by atoms with Crippen LogP contribution in [0.25, 0.3) is 0 Å². The molecule has 3 nitrogen and oxygen atoms in total. The highest BCUT2D eigenvalue weighted by Gasteiger charge is 2.17. The van der Waals surface area contributed by atoms with Gasteiger partial charge in [-0.3, -0.25) is 4.90 Å². The molecule has 1 unspecified atom stereocenters. The van der Waals surface area contributed by atoms with Crippen LogP contribution in [0.3, 0.4) is 0 Å². The maximum Gasteiger partial charge on any atom is 0.0164 e. The molecule has 2 aliphatic heterocycles. The third-order valence-corrected chi connectivity index (χ3v) is 3.70. The summed E-state index contributed by atoms with van der Waals surface area (Å²) < 4.78 is 0. The molecule has 0 spiro atoms. The number of hydrogen-bond donors (Lipinski definition) is 1. The summed E-state index contributed by atoms with van der Waals surface area (Å²) in [5, 5.41) is 3.38. The molecule has 0 bridgehead atoms. The topological polar surface area (TPSA) is 18.5 Å². The Morgan fingerprint density at radius 3 is 2.69 bits per heavy atom. The van der Waals surface area contributed by atoms with Crippen molar-refractivity contribution < 1.29 is 0 Å². The molecule has 1 N–H and O–H groups in total. The molecule has 0 aromatic rings. The van der Waals surface area contributed by atoms with Gasteiger partial charge >= 0.3 is 0 Å². The number of hydrogen-bond acceptors (Lipinski definition) is 3. The summed E-state index contributed by atoms with van der Waals surface area (Å²) in [6, 6.07) is 0. The maximum atomic E-state index is 3.38. The summed E-state index contributed by atoms with van der Waals surface area (Å²) in [5.41, 5.74) is 0. The molecular formula is C13H25N3. The fraction of sp³-hybridized carbons (Fsp3) is 0.846. The van der Waals surface area contributed by atoms with E-state index in [1.54, 1.807) is 0 Å². The highest BCUT2D eigenvalue weighted by atomic mass is 15.2. The van der Waals surface area contributed by atoms with E-state index in [4.69, 9.17) is 0 Å². The van der Waals surface area contributed by atoms with Crippen molar-refractivity contribution in [2.45, 2.75) is 12.8 Å². The van der Waals surface area contributed by atoms with Gasteiger partial charge in [0.1, 0.15) is 0 Å². The van der Waals surface area contributed by atoms with Crippen LogP contribution in [0, 0.1) is 5.92 Å². The van der Waals surface area contributed by atoms with Crippen LogP contribution in [0.5, 0.6) is 0 Å². The Morgan fingerprint density at radius 2 is 2.00 bits per heavy atom. The minimum absolute atomic E-state index is 0.907. The van der Waals surface area contributed by atoms with Crippen molar-refractivity contribution >= 4 is 0 Å². The van der Waals surface area contributed by atoms with Gasteiger partial charge in [0.25, 0.3) is 0 Å². The number of nitrogens with one attached hydrogen (secondary N) is 1. The molecule has 2 fully saturated rings. The lowest BCUT2D eigenvalue weighted by atomic mass is 10.1. The third-order valence-electron chi connectivity index (χ3n) is 3.70. The molecule has 3 heteroatoms. The van der Waals surface area contributed by atoms with Crippen LogP contribution in [-0.4, -0.2) is 62.7 Å². The van der Waals surface area contributed by atoms with Crippen LogP contribution in [-0.2, 0) is 0 Å². The average Bonchev–Trinajstić information content (AvgIpc) is 2.72. The summed E-state index contributed by atoms with van der Waals surface area (Å²) in [6.07, 6.45) is 7.42. The third kappa shape index (κ3) is 3.89.